The summed E-state index contributed by atoms with van der Waals surface area (Å²) < 4.78 is 0. The molecule has 4 N–H and O–H groups in total. The normalized spacial score (nSPS) is 13.1. The number of carbonyl (C=O) groups excluding carboxylic acids is 2. The molecule has 0 aliphatic heterocycles. The maximum absolute atomic E-state index is 11.8. The number of rotatable bonds is 8. The molecule has 0 saturated carbocycles. The molecule has 1 unspecified atom stereocenters. The topological polar surface area (TPSA) is 149 Å². The molecular weight excluding hydrogens is 314 g/mol. The quantitative estimate of drug-likeness (QED) is 0.505. The van der Waals surface area contributed by atoms with Crippen molar-refractivity contribution in [2.75, 3.05) is 0 Å². The van der Waals surface area contributed by atoms with E-state index in [1.807, 2.05) is 0 Å². The van der Waals surface area contributed by atoms with Crippen molar-refractivity contribution >= 4 is 34.7 Å². The molecule has 0 fully saturated rings. The van der Waals surface area contributed by atoms with Gasteiger partial charge in [-0.3, -0.25) is 14.4 Å². The zero-order chi connectivity index (χ0) is 16.7. The Morgan fingerprint density at radius 3 is 2.45 bits per heavy atom. The van der Waals surface area contributed by atoms with Crippen LogP contribution < -0.4 is 5.32 Å². The fourth-order valence-electron chi connectivity index (χ4n) is 1.62. The van der Waals surface area contributed by atoms with Crippen LogP contribution in [0.5, 0.6) is 0 Å². The van der Waals surface area contributed by atoms with Crippen LogP contribution in [0.25, 0.3) is 0 Å². The fourth-order valence-corrected chi connectivity index (χ4v) is 2.35. The Hall–Kier alpha value is -2.36. The van der Waals surface area contributed by atoms with Crippen LogP contribution in [0.1, 0.15) is 19.0 Å². The van der Waals surface area contributed by atoms with Gasteiger partial charge in [-0.15, -0.1) is 0 Å². The highest BCUT2D eigenvalue weighted by atomic mass is 32.2. The van der Waals surface area contributed by atoms with Gasteiger partial charge >= 0.3 is 11.9 Å². The number of carbonyl (C=O) groups is 4. The lowest BCUT2D eigenvalue weighted by molar-refractivity contribution is -0.142. The van der Waals surface area contributed by atoms with Crippen LogP contribution in [0.2, 0.25) is 0 Å². The summed E-state index contributed by atoms with van der Waals surface area (Å²) in [7, 11) is 0. The summed E-state index contributed by atoms with van der Waals surface area (Å²) in [6.07, 6.45) is 2.29. The highest BCUT2D eigenvalue weighted by Gasteiger charge is 2.27. The molecule has 0 aliphatic rings. The first-order valence-corrected chi connectivity index (χ1v) is 7.07. The molecule has 22 heavy (non-hydrogen) atoms. The van der Waals surface area contributed by atoms with Crippen molar-refractivity contribution in [3.8, 4) is 0 Å². The van der Waals surface area contributed by atoms with Crippen LogP contribution in [0, 0.1) is 0 Å². The number of hydrogen-bond donors (Lipinski definition) is 4. The molecule has 1 heterocycles. The van der Waals surface area contributed by atoms with E-state index in [2.05, 4.69) is 15.3 Å². The molecule has 0 spiro atoms. The Balaban J connectivity index is 2.64. The number of amides is 1. The SMILES string of the molecule is CC(=O)SC(CC(=O)N[C@@H](Cc1cnc[nH]1)C(=O)O)C(=O)O. The van der Waals surface area contributed by atoms with Gasteiger partial charge in [0.2, 0.25) is 5.91 Å². The van der Waals surface area contributed by atoms with Gasteiger partial charge in [-0.05, 0) is 0 Å². The summed E-state index contributed by atoms with van der Waals surface area (Å²) in [5.41, 5.74) is 0.514. The highest BCUT2D eigenvalue weighted by molar-refractivity contribution is 8.14. The van der Waals surface area contributed by atoms with E-state index in [1.54, 1.807) is 0 Å². The Kier molecular flexibility index (Phi) is 6.57. The standard InChI is InChI=1S/C12H15N3O6S/c1-6(16)22-9(12(20)21)3-10(17)15-8(11(18)19)2-7-4-13-5-14-7/h4-5,8-9H,2-3H2,1H3,(H,13,14)(H,15,17)(H,18,19)(H,20,21)/t8-,9?/m0/s1. The molecule has 1 rings (SSSR count). The lowest BCUT2D eigenvalue weighted by Gasteiger charge is -2.15. The van der Waals surface area contributed by atoms with Crippen LogP contribution in [0.4, 0.5) is 0 Å². The number of aliphatic carboxylic acids is 2. The second-order valence-electron chi connectivity index (χ2n) is 4.38. The van der Waals surface area contributed by atoms with Crippen molar-refractivity contribution in [1.29, 1.82) is 0 Å². The Bertz CT molecular complexity index is 559. The van der Waals surface area contributed by atoms with E-state index in [-0.39, 0.29) is 6.42 Å². The molecule has 2 atom stereocenters. The summed E-state index contributed by atoms with van der Waals surface area (Å²) in [6.45, 7) is 1.19. The second-order valence-corrected chi connectivity index (χ2v) is 5.76. The van der Waals surface area contributed by atoms with Gasteiger partial charge in [-0.25, -0.2) is 9.78 Å². The first kappa shape index (κ1) is 17.7. The average Bonchev–Trinajstić information content (AvgIpc) is 2.89. The van der Waals surface area contributed by atoms with E-state index in [9.17, 15) is 19.2 Å². The molecule has 0 aromatic carbocycles. The Morgan fingerprint density at radius 2 is 2.00 bits per heavy atom. The lowest BCUT2D eigenvalue weighted by atomic mass is 10.1. The maximum Gasteiger partial charge on any atom is 0.326 e. The molecule has 1 amide bonds. The third kappa shape index (κ3) is 5.95. The molecule has 0 aliphatic carbocycles. The van der Waals surface area contributed by atoms with Crippen molar-refractivity contribution < 1.29 is 29.4 Å². The Morgan fingerprint density at radius 1 is 1.32 bits per heavy atom. The summed E-state index contributed by atoms with van der Waals surface area (Å²) in [4.78, 5) is 51.3. The van der Waals surface area contributed by atoms with Gasteiger partial charge in [0.15, 0.2) is 5.12 Å². The van der Waals surface area contributed by atoms with E-state index < -0.39 is 40.7 Å². The highest BCUT2D eigenvalue weighted by Crippen LogP contribution is 2.16. The first-order chi connectivity index (χ1) is 10.3. The summed E-state index contributed by atoms with van der Waals surface area (Å²) in [5.74, 6) is -3.32. The smallest absolute Gasteiger partial charge is 0.326 e. The number of imidazole rings is 1. The third-order valence-corrected chi connectivity index (χ3v) is 3.55. The fraction of sp³-hybridized carbons (Fsp3) is 0.417. The number of aromatic nitrogens is 2. The number of hydrogen-bond acceptors (Lipinski definition) is 6. The molecule has 0 saturated heterocycles. The Labute approximate surface area is 129 Å². The molecular formula is C12H15N3O6S. The van der Waals surface area contributed by atoms with Crippen LogP contribution in [0.15, 0.2) is 12.5 Å². The first-order valence-electron chi connectivity index (χ1n) is 6.19. The number of H-pyrrole nitrogens is 1. The van der Waals surface area contributed by atoms with E-state index in [0.29, 0.717) is 17.5 Å². The van der Waals surface area contributed by atoms with Gasteiger partial charge in [0.05, 0.1) is 6.33 Å². The van der Waals surface area contributed by atoms with Crippen molar-refractivity contribution in [3.05, 3.63) is 18.2 Å². The number of aromatic amines is 1. The summed E-state index contributed by atoms with van der Waals surface area (Å²) in [5, 5.41) is 18.6. The van der Waals surface area contributed by atoms with E-state index in [1.165, 1.54) is 19.4 Å². The second kappa shape index (κ2) is 8.17. The predicted octanol–water partition coefficient (Wildman–Crippen LogP) is -0.355. The molecule has 120 valence electrons. The van der Waals surface area contributed by atoms with Crippen molar-refractivity contribution in [3.63, 3.8) is 0 Å². The number of nitrogens with one attached hydrogen (secondary N) is 2. The van der Waals surface area contributed by atoms with Gasteiger partial charge in [-0.2, -0.15) is 0 Å². The predicted molar refractivity (Wildman–Crippen MR) is 76.2 cm³/mol. The molecule has 10 heteroatoms. The zero-order valence-electron chi connectivity index (χ0n) is 11.6. The molecule has 1 aromatic heterocycles. The summed E-state index contributed by atoms with van der Waals surface area (Å²) >= 11 is 0.514. The average molecular weight is 329 g/mol. The summed E-state index contributed by atoms with van der Waals surface area (Å²) in [6, 6.07) is -1.22. The molecule has 9 nitrogen and oxygen atoms in total. The minimum Gasteiger partial charge on any atom is -0.480 e. The van der Waals surface area contributed by atoms with Crippen molar-refractivity contribution in [2.24, 2.45) is 0 Å². The third-order valence-electron chi connectivity index (χ3n) is 2.57. The minimum atomic E-state index is -1.31. The number of nitrogens with zero attached hydrogens (tertiary/aromatic N) is 1. The van der Waals surface area contributed by atoms with Crippen LogP contribution in [-0.2, 0) is 25.6 Å². The number of thioether (sulfide) groups is 1. The van der Waals surface area contributed by atoms with Gasteiger partial charge in [0.25, 0.3) is 0 Å². The molecule has 0 radical (unpaired) electrons. The van der Waals surface area contributed by atoms with Crippen molar-refractivity contribution in [1.82, 2.24) is 15.3 Å². The molecule has 1 aromatic rings. The number of carboxylic acid groups (broad SMARTS) is 2. The van der Waals surface area contributed by atoms with Crippen molar-refractivity contribution in [2.45, 2.75) is 31.1 Å². The largest absolute Gasteiger partial charge is 0.480 e. The minimum absolute atomic E-state index is 0.0152. The van der Waals surface area contributed by atoms with Gasteiger partial charge in [0, 0.05) is 31.7 Å². The monoisotopic (exact) mass is 329 g/mol. The zero-order valence-corrected chi connectivity index (χ0v) is 12.4. The van der Waals surface area contributed by atoms with Gasteiger partial charge in [0.1, 0.15) is 11.3 Å². The maximum atomic E-state index is 11.8. The van der Waals surface area contributed by atoms with E-state index in [0.717, 1.165) is 0 Å². The van der Waals surface area contributed by atoms with Crippen LogP contribution in [-0.4, -0.2) is 54.4 Å². The van der Waals surface area contributed by atoms with Crippen LogP contribution in [0.3, 0.4) is 0 Å². The number of carboxylic acids is 2. The van der Waals surface area contributed by atoms with E-state index in [4.69, 9.17) is 10.2 Å². The van der Waals surface area contributed by atoms with Gasteiger partial charge in [-0.1, -0.05) is 11.8 Å². The van der Waals surface area contributed by atoms with E-state index >= 15 is 0 Å². The molecule has 0 bridgehead atoms. The lowest BCUT2D eigenvalue weighted by Crippen LogP contribution is -2.43. The van der Waals surface area contributed by atoms with Gasteiger partial charge < -0.3 is 20.5 Å². The van der Waals surface area contributed by atoms with Crippen LogP contribution >= 0.6 is 11.8 Å².